The summed E-state index contributed by atoms with van der Waals surface area (Å²) < 4.78 is 0. The van der Waals surface area contributed by atoms with Crippen LogP contribution in [0.5, 0.6) is 0 Å². The lowest BCUT2D eigenvalue weighted by atomic mass is 9.34. The van der Waals surface area contributed by atoms with Crippen molar-refractivity contribution in [3.8, 4) is 0 Å². The molecule has 5 aliphatic rings. The van der Waals surface area contributed by atoms with E-state index in [1.165, 1.54) is 57.8 Å². The number of allylic oxidation sites excluding steroid dienone is 2. The molecule has 0 amide bonds. The second kappa shape index (κ2) is 6.39. The van der Waals surface area contributed by atoms with E-state index in [4.69, 9.17) is 0 Å². The van der Waals surface area contributed by atoms with Gasteiger partial charge in [-0.3, -0.25) is 0 Å². The fraction of sp³-hybridized carbons (Fsp3) is 0.931. The summed E-state index contributed by atoms with van der Waals surface area (Å²) in [5, 5.41) is 10.9. The van der Waals surface area contributed by atoms with E-state index >= 15 is 0 Å². The van der Waals surface area contributed by atoms with Crippen LogP contribution in [0.15, 0.2) is 11.6 Å². The third-order valence-corrected chi connectivity index (χ3v) is 12.8. The van der Waals surface area contributed by atoms with Crippen molar-refractivity contribution in [1.29, 1.82) is 0 Å². The fourth-order valence-electron chi connectivity index (χ4n) is 10.4. The van der Waals surface area contributed by atoms with Crippen molar-refractivity contribution in [2.45, 2.75) is 119 Å². The molecule has 30 heavy (non-hydrogen) atoms. The van der Waals surface area contributed by atoms with E-state index in [2.05, 4.69) is 54.5 Å². The van der Waals surface area contributed by atoms with Crippen LogP contribution >= 0.6 is 0 Å². The fourth-order valence-corrected chi connectivity index (χ4v) is 10.4. The summed E-state index contributed by atoms with van der Waals surface area (Å²) in [7, 11) is 0. The maximum atomic E-state index is 10.9. The summed E-state index contributed by atoms with van der Waals surface area (Å²) in [6.07, 6.45) is 16.0. The quantitative estimate of drug-likeness (QED) is 0.403. The molecule has 0 saturated heterocycles. The van der Waals surface area contributed by atoms with Crippen LogP contribution in [0.2, 0.25) is 0 Å². The van der Waals surface area contributed by atoms with Crippen molar-refractivity contribution in [3.63, 3.8) is 0 Å². The normalized spacial score (nSPS) is 57.3. The van der Waals surface area contributed by atoms with E-state index < -0.39 is 0 Å². The van der Waals surface area contributed by atoms with E-state index in [9.17, 15) is 5.11 Å². The predicted octanol–water partition coefficient (Wildman–Crippen LogP) is 7.78. The molecular formula is C29H48O. The van der Waals surface area contributed by atoms with Crippen molar-refractivity contribution >= 4 is 0 Å². The highest BCUT2D eigenvalue weighted by molar-refractivity contribution is 5.33. The van der Waals surface area contributed by atoms with Crippen LogP contribution < -0.4 is 0 Å². The molecule has 0 radical (unpaired) electrons. The Labute approximate surface area is 186 Å². The molecule has 0 heterocycles. The molecule has 1 heteroatoms. The number of hydrogen-bond donors (Lipinski definition) is 1. The summed E-state index contributed by atoms with van der Waals surface area (Å²) in [6, 6.07) is 0. The summed E-state index contributed by atoms with van der Waals surface area (Å²) >= 11 is 0. The molecule has 4 fully saturated rings. The Hall–Kier alpha value is -0.300. The van der Waals surface area contributed by atoms with Gasteiger partial charge in [0, 0.05) is 0 Å². The third kappa shape index (κ3) is 2.51. The van der Waals surface area contributed by atoms with Crippen molar-refractivity contribution in [1.82, 2.24) is 0 Å². The lowest BCUT2D eigenvalue weighted by Gasteiger charge is -2.71. The van der Waals surface area contributed by atoms with Crippen LogP contribution in [0.4, 0.5) is 0 Å². The molecule has 0 spiro atoms. The zero-order valence-corrected chi connectivity index (χ0v) is 21.0. The first kappa shape index (κ1) is 21.5. The minimum atomic E-state index is -0.121. The van der Waals surface area contributed by atoms with Gasteiger partial charge in [-0.1, -0.05) is 66.5 Å². The Morgan fingerprint density at radius 2 is 1.57 bits per heavy atom. The van der Waals surface area contributed by atoms with Crippen LogP contribution in [0.3, 0.4) is 0 Å². The highest BCUT2D eigenvalue weighted by Crippen LogP contribution is 2.75. The number of rotatable bonds is 0. The summed E-state index contributed by atoms with van der Waals surface area (Å²) in [6.45, 7) is 17.9. The molecule has 170 valence electrons. The van der Waals surface area contributed by atoms with Gasteiger partial charge in [0.2, 0.25) is 0 Å². The smallest absolute Gasteiger partial charge is 0.0594 e. The van der Waals surface area contributed by atoms with Gasteiger partial charge in [0.25, 0.3) is 0 Å². The first-order chi connectivity index (χ1) is 13.9. The molecule has 5 aliphatic carbocycles. The Kier molecular flexibility index (Phi) is 4.59. The summed E-state index contributed by atoms with van der Waals surface area (Å²) in [5.41, 5.74) is 3.68. The minimum absolute atomic E-state index is 0.0587. The van der Waals surface area contributed by atoms with Crippen LogP contribution in [0.25, 0.3) is 0 Å². The molecule has 1 nitrogen and oxygen atoms in total. The van der Waals surface area contributed by atoms with Gasteiger partial charge in [-0.25, -0.2) is 0 Å². The van der Waals surface area contributed by atoms with Gasteiger partial charge in [-0.05, 0) is 109 Å². The molecule has 9 atom stereocenters. The van der Waals surface area contributed by atoms with E-state index in [-0.39, 0.29) is 11.5 Å². The van der Waals surface area contributed by atoms with Crippen molar-refractivity contribution < 1.29 is 5.11 Å². The topological polar surface area (TPSA) is 20.2 Å². The van der Waals surface area contributed by atoms with Crippen LogP contribution in [0, 0.1) is 50.7 Å². The third-order valence-electron chi connectivity index (χ3n) is 12.8. The average molecular weight is 413 g/mol. The predicted molar refractivity (Wildman–Crippen MR) is 126 cm³/mol. The van der Waals surface area contributed by atoms with Crippen molar-refractivity contribution in [3.05, 3.63) is 11.6 Å². The van der Waals surface area contributed by atoms with E-state index in [0.717, 1.165) is 24.2 Å². The zero-order chi connectivity index (χ0) is 21.7. The second-order valence-electron chi connectivity index (χ2n) is 14.3. The Balaban J connectivity index is 1.57. The Bertz CT molecular complexity index is 749. The molecule has 0 aromatic rings. The molecule has 4 saturated carbocycles. The van der Waals surface area contributed by atoms with E-state index in [0.29, 0.717) is 27.6 Å². The lowest BCUT2D eigenvalue weighted by Crippen LogP contribution is -2.64. The molecule has 0 aromatic heterocycles. The molecule has 1 N–H and O–H groups in total. The SMILES string of the molecule is C[C@@H]1CC[C@]2(C)CC[C@]3(C)C(=CC[C@H]4[C@]5(C)CC[C@H](O)C(C)(C)[C@H]5CC[C@@]43C)[C@@H]2C1. The van der Waals surface area contributed by atoms with E-state index in [1.54, 1.807) is 0 Å². The van der Waals surface area contributed by atoms with Gasteiger partial charge < -0.3 is 5.11 Å². The Morgan fingerprint density at radius 1 is 0.833 bits per heavy atom. The Morgan fingerprint density at radius 3 is 2.30 bits per heavy atom. The summed E-state index contributed by atoms with van der Waals surface area (Å²) in [4.78, 5) is 0. The highest BCUT2D eigenvalue weighted by atomic mass is 16.3. The molecule has 0 aliphatic heterocycles. The van der Waals surface area contributed by atoms with Gasteiger partial charge in [-0.15, -0.1) is 0 Å². The first-order valence-corrected chi connectivity index (χ1v) is 13.3. The molecule has 0 unspecified atom stereocenters. The van der Waals surface area contributed by atoms with E-state index in [1.807, 2.05) is 5.57 Å². The van der Waals surface area contributed by atoms with Gasteiger partial charge in [0.1, 0.15) is 0 Å². The number of aliphatic hydroxyl groups excluding tert-OH is 1. The molecule has 5 rings (SSSR count). The van der Waals surface area contributed by atoms with Crippen LogP contribution in [-0.2, 0) is 0 Å². The zero-order valence-electron chi connectivity index (χ0n) is 21.0. The molecule has 0 bridgehead atoms. The molecular weight excluding hydrogens is 364 g/mol. The minimum Gasteiger partial charge on any atom is -0.393 e. The average Bonchev–Trinajstić information content (AvgIpc) is 2.67. The standard InChI is InChI=1S/C29H48O/c1-19-10-13-26(4)16-17-28(6)20(21(26)18-19)8-9-23-27(5)14-12-24(30)25(2,3)22(27)11-15-29(23,28)7/h8,19,21-24,30H,9-18H2,1-7H3/t19-,21+,22-,23+,24+,26-,27-,28-,29+/m1/s1. The maximum absolute atomic E-state index is 10.9. The number of aliphatic hydroxyl groups is 1. The van der Waals surface area contributed by atoms with Crippen molar-refractivity contribution in [2.75, 3.05) is 0 Å². The van der Waals surface area contributed by atoms with Gasteiger partial charge in [0.15, 0.2) is 0 Å². The number of hydrogen-bond acceptors (Lipinski definition) is 1. The van der Waals surface area contributed by atoms with Crippen LogP contribution in [0.1, 0.15) is 113 Å². The maximum Gasteiger partial charge on any atom is 0.0594 e. The lowest BCUT2D eigenvalue weighted by molar-refractivity contribution is -0.202. The second-order valence-corrected chi connectivity index (χ2v) is 14.3. The largest absolute Gasteiger partial charge is 0.393 e. The number of fused-ring (bicyclic) bond motifs is 7. The molecule has 0 aromatic carbocycles. The van der Waals surface area contributed by atoms with Crippen LogP contribution in [-0.4, -0.2) is 11.2 Å². The van der Waals surface area contributed by atoms with Gasteiger partial charge in [0.05, 0.1) is 6.10 Å². The summed E-state index contributed by atoms with van der Waals surface area (Å²) in [5.74, 6) is 3.15. The van der Waals surface area contributed by atoms with Gasteiger partial charge >= 0.3 is 0 Å². The van der Waals surface area contributed by atoms with Crippen molar-refractivity contribution in [2.24, 2.45) is 50.7 Å². The first-order valence-electron chi connectivity index (χ1n) is 13.3. The van der Waals surface area contributed by atoms with Gasteiger partial charge in [-0.2, -0.15) is 0 Å². The highest BCUT2D eigenvalue weighted by Gasteiger charge is 2.67. The monoisotopic (exact) mass is 412 g/mol.